The monoisotopic (exact) mass is 285 g/mol. The molecule has 0 saturated carbocycles. The third kappa shape index (κ3) is 3.67. The Hall–Kier alpha value is -1.14. The van der Waals surface area contributed by atoms with E-state index in [0.29, 0.717) is 12.0 Å². The van der Waals surface area contributed by atoms with Crippen molar-refractivity contribution in [2.75, 3.05) is 32.1 Å². The number of methoxy groups -OCH3 is 1. The van der Waals surface area contributed by atoms with Crippen LogP contribution in [0, 0.1) is 0 Å². The second kappa shape index (κ2) is 6.86. The fourth-order valence-electron chi connectivity index (χ4n) is 2.42. The number of hydrogen-bond donors (Lipinski definition) is 1. The maximum atomic E-state index is 5.92. The Balaban J connectivity index is 2.18. The zero-order valence-electron chi connectivity index (χ0n) is 11.4. The molecule has 1 aliphatic heterocycles. The summed E-state index contributed by atoms with van der Waals surface area (Å²) < 4.78 is 5.06. The summed E-state index contributed by atoms with van der Waals surface area (Å²) in [6.07, 6.45) is 4.64. The van der Waals surface area contributed by atoms with Crippen molar-refractivity contribution in [2.45, 2.75) is 31.7 Å². The third-order valence-corrected chi connectivity index (χ3v) is 3.54. The molecule has 6 nitrogen and oxygen atoms in total. The van der Waals surface area contributed by atoms with Gasteiger partial charge in [0.1, 0.15) is 0 Å². The summed E-state index contributed by atoms with van der Waals surface area (Å²) in [5.41, 5.74) is 0. The molecule has 0 radical (unpaired) electrons. The molecule has 1 aliphatic rings. The number of nitrogens with zero attached hydrogens (tertiary/aromatic N) is 4. The van der Waals surface area contributed by atoms with E-state index in [2.05, 4.69) is 25.2 Å². The highest BCUT2D eigenvalue weighted by Gasteiger charge is 2.25. The standard InChI is InChI=1S/C12H20ClN5O/c1-14-7-6-9-5-3-4-8-18(9)11-15-10(13)16-12(17-11)19-2/h9,14H,3-8H2,1-2H3. The number of nitrogens with one attached hydrogen (secondary N) is 1. The first kappa shape index (κ1) is 14.3. The molecule has 1 saturated heterocycles. The van der Waals surface area contributed by atoms with E-state index in [0.717, 1.165) is 32.4 Å². The molecule has 0 aliphatic carbocycles. The van der Waals surface area contributed by atoms with Gasteiger partial charge in [0.25, 0.3) is 0 Å². The first-order valence-corrected chi connectivity index (χ1v) is 6.99. The van der Waals surface area contributed by atoms with E-state index < -0.39 is 0 Å². The van der Waals surface area contributed by atoms with Gasteiger partial charge in [0.05, 0.1) is 7.11 Å². The molecule has 2 heterocycles. The molecule has 0 bridgehead atoms. The van der Waals surface area contributed by atoms with Crippen molar-refractivity contribution in [3.05, 3.63) is 5.28 Å². The highest BCUT2D eigenvalue weighted by Crippen LogP contribution is 2.25. The lowest BCUT2D eigenvalue weighted by atomic mass is 10.00. The van der Waals surface area contributed by atoms with Gasteiger partial charge in [0, 0.05) is 12.6 Å². The fraction of sp³-hybridized carbons (Fsp3) is 0.750. The SMILES string of the molecule is CNCCC1CCCCN1c1nc(Cl)nc(OC)n1. The summed E-state index contributed by atoms with van der Waals surface area (Å²) in [6, 6.07) is 0.720. The molecule has 1 aromatic rings. The maximum absolute atomic E-state index is 5.92. The van der Waals surface area contributed by atoms with Gasteiger partial charge in [-0.2, -0.15) is 15.0 Å². The summed E-state index contributed by atoms with van der Waals surface area (Å²) in [5.74, 6) is 0.623. The Morgan fingerprint density at radius 2 is 2.21 bits per heavy atom. The molecule has 1 unspecified atom stereocenters. The van der Waals surface area contributed by atoms with Crippen LogP contribution in [0.1, 0.15) is 25.7 Å². The number of anilines is 1. The Labute approximate surface area is 118 Å². The second-order valence-electron chi connectivity index (χ2n) is 4.63. The normalized spacial score (nSPS) is 19.5. The fourth-order valence-corrected chi connectivity index (χ4v) is 2.56. The van der Waals surface area contributed by atoms with Crippen LogP contribution in [0.3, 0.4) is 0 Å². The van der Waals surface area contributed by atoms with Gasteiger partial charge >= 0.3 is 6.01 Å². The highest BCUT2D eigenvalue weighted by molar-refractivity contribution is 6.28. The van der Waals surface area contributed by atoms with Crippen LogP contribution in [0.2, 0.25) is 5.28 Å². The second-order valence-corrected chi connectivity index (χ2v) is 4.96. The van der Waals surface area contributed by atoms with Crippen molar-refractivity contribution in [1.29, 1.82) is 0 Å². The van der Waals surface area contributed by atoms with Crippen molar-refractivity contribution >= 4 is 17.5 Å². The molecule has 2 rings (SSSR count). The lowest BCUT2D eigenvalue weighted by Crippen LogP contribution is -2.42. The molecule has 106 valence electrons. The van der Waals surface area contributed by atoms with Crippen LogP contribution in [-0.2, 0) is 0 Å². The van der Waals surface area contributed by atoms with Crippen molar-refractivity contribution in [2.24, 2.45) is 0 Å². The number of piperidine rings is 1. The van der Waals surface area contributed by atoms with Crippen LogP contribution in [0.5, 0.6) is 6.01 Å². The minimum absolute atomic E-state index is 0.180. The van der Waals surface area contributed by atoms with Crippen LogP contribution in [0.15, 0.2) is 0 Å². The van der Waals surface area contributed by atoms with E-state index in [4.69, 9.17) is 16.3 Å². The molecule has 0 aromatic carbocycles. The first-order chi connectivity index (χ1) is 9.24. The number of ether oxygens (including phenoxy) is 1. The van der Waals surface area contributed by atoms with Crippen LogP contribution < -0.4 is 15.0 Å². The Bertz CT molecular complexity index is 417. The zero-order chi connectivity index (χ0) is 13.7. The van der Waals surface area contributed by atoms with Gasteiger partial charge in [-0.1, -0.05) is 0 Å². The first-order valence-electron chi connectivity index (χ1n) is 6.61. The van der Waals surface area contributed by atoms with E-state index in [1.54, 1.807) is 0 Å². The number of halogens is 1. The Morgan fingerprint density at radius 1 is 1.37 bits per heavy atom. The van der Waals surface area contributed by atoms with E-state index in [-0.39, 0.29) is 11.3 Å². The maximum Gasteiger partial charge on any atom is 0.322 e. The van der Waals surface area contributed by atoms with Crippen LogP contribution in [0.25, 0.3) is 0 Å². The molecule has 1 aromatic heterocycles. The highest BCUT2D eigenvalue weighted by atomic mass is 35.5. The zero-order valence-corrected chi connectivity index (χ0v) is 12.2. The van der Waals surface area contributed by atoms with Crippen LogP contribution >= 0.6 is 11.6 Å². The molecule has 1 fully saturated rings. The molecular weight excluding hydrogens is 266 g/mol. The Kier molecular flexibility index (Phi) is 5.15. The van der Waals surface area contributed by atoms with E-state index >= 15 is 0 Å². The van der Waals surface area contributed by atoms with E-state index in [9.17, 15) is 0 Å². The lowest BCUT2D eigenvalue weighted by molar-refractivity contribution is 0.373. The summed E-state index contributed by atoms with van der Waals surface area (Å²) >= 11 is 5.92. The molecule has 1 atom stereocenters. The van der Waals surface area contributed by atoms with Gasteiger partial charge in [-0.3, -0.25) is 0 Å². The molecule has 0 amide bonds. The third-order valence-electron chi connectivity index (χ3n) is 3.37. The quantitative estimate of drug-likeness (QED) is 0.885. The number of hydrogen-bond acceptors (Lipinski definition) is 6. The van der Waals surface area contributed by atoms with Crippen molar-refractivity contribution < 1.29 is 4.74 Å². The molecule has 1 N–H and O–H groups in total. The predicted octanol–water partition coefficient (Wildman–Crippen LogP) is 1.50. The average Bonchev–Trinajstić information content (AvgIpc) is 2.44. The van der Waals surface area contributed by atoms with Crippen molar-refractivity contribution in [1.82, 2.24) is 20.3 Å². The summed E-state index contributed by atoms with van der Waals surface area (Å²) in [5, 5.41) is 3.37. The van der Waals surface area contributed by atoms with Gasteiger partial charge < -0.3 is 15.0 Å². The minimum Gasteiger partial charge on any atom is -0.467 e. The smallest absolute Gasteiger partial charge is 0.322 e. The van der Waals surface area contributed by atoms with E-state index in [1.807, 2.05) is 7.05 Å². The number of rotatable bonds is 5. The van der Waals surface area contributed by atoms with Crippen molar-refractivity contribution in [3.8, 4) is 6.01 Å². The van der Waals surface area contributed by atoms with Crippen LogP contribution in [0.4, 0.5) is 5.95 Å². The summed E-state index contributed by atoms with van der Waals surface area (Å²) in [4.78, 5) is 14.7. The predicted molar refractivity (Wildman–Crippen MR) is 74.9 cm³/mol. The van der Waals surface area contributed by atoms with Gasteiger partial charge in [-0.25, -0.2) is 0 Å². The molecule has 19 heavy (non-hydrogen) atoms. The number of aromatic nitrogens is 3. The van der Waals surface area contributed by atoms with Crippen molar-refractivity contribution in [3.63, 3.8) is 0 Å². The van der Waals surface area contributed by atoms with Gasteiger partial charge in [-0.15, -0.1) is 0 Å². The average molecular weight is 286 g/mol. The van der Waals surface area contributed by atoms with Gasteiger partial charge in [0.2, 0.25) is 11.2 Å². The van der Waals surface area contributed by atoms with Gasteiger partial charge in [-0.05, 0) is 50.9 Å². The Morgan fingerprint density at radius 3 is 2.95 bits per heavy atom. The minimum atomic E-state index is 0.180. The molecule has 0 spiro atoms. The lowest BCUT2D eigenvalue weighted by Gasteiger charge is -2.35. The molecular formula is C12H20ClN5O. The largest absolute Gasteiger partial charge is 0.467 e. The topological polar surface area (TPSA) is 63.2 Å². The van der Waals surface area contributed by atoms with Crippen LogP contribution in [-0.4, -0.2) is 48.2 Å². The molecule has 7 heteroatoms. The summed E-state index contributed by atoms with van der Waals surface area (Å²) in [7, 11) is 3.50. The summed E-state index contributed by atoms with van der Waals surface area (Å²) in [6.45, 7) is 1.94. The van der Waals surface area contributed by atoms with Gasteiger partial charge in [0.15, 0.2) is 0 Å². The van der Waals surface area contributed by atoms with E-state index in [1.165, 1.54) is 13.5 Å².